The zero-order valence-electron chi connectivity index (χ0n) is 10.9. The molecule has 0 amide bonds. The molecule has 0 bridgehead atoms. The van der Waals surface area contributed by atoms with Crippen LogP contribution in [0.1, 0.15) is 13.8 Å². The Balaban J connectivity index is 1.93. The van der Waals surface area contributed by atoms with E-state index in [0.717, 1.165) is 0 Å². The van der Waals surface area contributed by atoms with Crippen LogP contribution in [0, 0.1) is 5.92 Å². The van der Waals surface area contributed by atoms with Crippen LogP contribution in [-0.2, 0) is 14.2 Å². The first-order valence-electron chi connectivity index (χ1n) is 6.34. The van der Waals surface area contributed by atoms with E-state index in [1.807, 2.05) is 0 Å². The summed E-state index contributed by atoms with van der Waals surface area (Å²) in [6.07, 6.45) is -0.356. The predicted octanol–water partition coefficient (Wildman–Crippen LogP) is 0.0249. The highest BCUT2D eigenvalue weighted by Gasteiger charge is 2.14. The fourth-order valence-corrected chi connectivity index (χ4v) is 1.56. The third-order valence-corrected chi connectivity index (χ3v) is 2.40. The van der Waals surface area contributed by atoms with E-state index in [9.17, 15) is 5.11 Å². The van der Waals surface area contributed by atoms with E-state index in [4.69, 9.17) is 14.2 Å². The smallest absolute Gasteiger partial charge is 0.0933 e. The second-order valence-electron chi connectivity index (χ2n) is 4.81. The molecule has 0 aromatic heterocycles. The van der Waals surface area contributed by atoms with Crippen molar-refractivity contribution in [2.45, 2.75) is 26.1 Å². The summed E-state index contributed by atoms with van der Waals surface area (Å²) in [4.78, 5) is 0. The van der Waals surface area contributed by atoms with Crippen LogP contribution in [-0.4, -0.2) is 63.4 Å². The Morgan fingerprint density at radius 1 is 1.35 bits per heavy atom. The Labute approximate surface area is 103 Å². The van der Waals surface area contributed by atoms with E-state index in [-0.39, 0.29) is 6.10 Å². The third-order valence-electron chi connectivity index (χ3n) is 2.40. The number of nitrogens with one attached hydrogen (secondary N) is 1. The Kier molecular flexibility index (Phi) is 7.72. The van der Waals surface area contributed by atoms with Crippen LogP contribution in [0.15, 0.2) is 0 Å². The molecule has 0 saturated carbocycles. The maximum Gasteiger partial charge on any atom is 0.0933 e. The van der Waals surface area contributed by atoms with Gasteiger partial charge in [0.25, 0.3) is 0 Å². The van der Waals surface area contributed by atoms with Crippen molar-refractivity contribution in [1.29, 1.82) is 0 Å². The van der Waals surface area contributed by atoms with E-state index in [1.165, 1.54) is 0 Å². The fraction of sp³-hybridized carbons (Fsp3) is 1.00. The molecular formula is C12H25NO4. The van der Waals surface area contributed by atoms with Crippen LogP contribution in [0.4, 0.5) is 0 Å². The first kappa shape index (κ1) is 14.9. The first-order chi connectivity index (χ1) is 8.18. The van der Waals surface area contributed by atoms with Crippen molar-refractivity contribution in [3.05, 3.63) is 0 Å². The van der Waals surface area contributed by atoms with Gasteiger partial charge in [0.2, 0.25) is 0 Å². The molecule has 17 heavy (non-hydrogen) atoms. The van der Waals surface area contributed by atoms with Crippen LogP contribution in [0.5, 0.6) is 0 Å². The van der Waals surface area contributed by atoms with E-state index < -0.39 is 6.10 Å². The number of ether oxygens (including phenoxy) is 3. The van der Waals surface area contributed by atoms with Crippen molar-refractivity contribution in [3.8, 4) is 0 Å². The maximum atomic E-state index is 9.63. The van der Waals surface area contributed by atoms with Crippen LogP contribution >= 0.6 is 0 Å². The minimum absolute atomic E-state index is 0.104. The van der Waals surface area contributed by atoms with Crippen molar-refractivity contribution in [2.75, 3.05) is 46.1 Å². The average Bonchev–Trinajstić information content (AvgIpc) is 2.30. The van der Waals surface area contributed by atoms with Crippen molar-refractivity contribution in [2.24, 2.45) is 5.92 Å². The molecule has 1 saturated heterocycles. The van der Waals surface area contributed by atoms with E-state index in [0.29, 0.717) is 52.0 Å². The second kappa shape index (κ2) is 8.83. The highest BCUT2D eigenvalue weighted by Crippen LogP contribution is 1.99. The zero-order chi connectivity index (χ0) is 12.5. The summed E-state index contributed by atoms with van der Waals surface area (Å²) in [6.45, 7) is 8.46. The molecule has 0 aromatic carbocycles. The number of aliphatic hydroxyl groups excluding tert-OH is 1. The summed E-state index contributed by atoms with van der Waals surface area (Å²) in [5.41, 5.74) is 0. The summed E-state index contributed by atoms with van der Waals surface area (Å²) in [7, 11) is 0. The van der Waals surface area contributed by atoms with Crippen LogP contribution in [0.3, 0.4) is 0 Å². The summed E-state index contributed by atoms with van der Waals surface area (Å²) >= 11 is 0. The lowest BCUT2D eigenvalue weighted by molar-refractivity contribution is -0.0871. The monoisotopic (exact) mass is 247 g/mol. The lowest BCUT2D eigenvalue weighted by atomic mass is 10.2. The Hall–Kier alpha value is -0.200. The van der Waals surface area contributed by atoms with Gasteiger partial charge in [-0.25, -0.2) is 0 Å². The predicted molar refractivity (Wildman–Crippen MR) is 65.1 cm³/mol. The van der Waals surface area contributed by atoms with Gasteiger partial charge in [-0.05, 0) is 5.92 Å². The Morgan fingerprint density at radius 2 is 2.18 bits per heavy atom. The van der Waals surface area contributed by atoms with Gasteiger partial charge >= 0.3 is 0 Å². The number of hydrogen-bond donors (Lipinski definition) is 2. The minimum Gasteiger partial charge on any atom is -0.389 e. The molecular weight excluding hydrogens is 222 g/mol. The molecule has 0 spiro atoms. The summed E-state index contributed by atoms with van der Waals surface area (Å²) in [5, 5.41) is 12.8. The number of aliphatic hydroxyl groups is 1. The van der Waals surface area contributed by atoms with Gasteiger partial charge in [0.05, 0.1) is 38.6 Å². The number of rotatable bonds is 8. The normalized spacial score (nSPS) is 22.9. The zero-order valence-corrected chi connectivity index (χ0v) is 10.9. The lowest BCUT2D eigenvalue weighted by Gasteiger charge is -2.23. The lowest BCUT2D eigenvalue weighted by Crippen LogP contribution is -2.40. The molecule has 102 valence electrons. The topological polar surface area (TPSA) is 60.0 Å². The van der Waals surface area contributed by atoms with Gasteiger partial charge in [0.15, 0.2) is 0 Å². The van der Waals surface area contributed by atoms with Crippen molar-refractivity contribution in [3.63, 3.8) is 0 Å². The van der Waals surface area contributed by atoms with Crippen molar-refractivity contribution >= 4 is 0 Å². The van der Waals surface area contributed by atoms with Gasteiger partial charge in [-0.3, -0.25) is 0 Å². The molecule has 0 radical (unpaired) electrons. The van der Waals surface area contributed by atoms with Crippen molar-refractivity contribution < 1.29 is 19.3 Å². The second-order valence-corrected chi connectivity index (χ2v) is 4.81. The van der Waals surface area contributed by atoms with Gasteiger partial charge in [-0.1, -0.05) is 13.8 Å². The standard InChI is InChI=1S/C12H25NO4/c1-10(2)7-16-8-11(14)5-13-6-12-9-15-3-4-17-12/h10-14H,3-9H2,1-2H3. The van der Waals surface area contributed by atoms with Gasteiger partial charge in [0.1, 0.15) is 0 Å². The fourth-order valence-electron chi connectivity index (χ4n) is 1.56. The summed E-state index contributed by atoms with van der Waals surface area (Å²) in [5.74, 6) is 0.503. The van der Waals surface area contributed by atoms with Gasteiger partial charge in [-0.2, -0.15) is 0 Å². The molecule has 1 aliphatic rings. The molecule has 2 unspecified atom stereocenters. The van der Waals surface area contributed by atoms with Crippen molar-refractivity contribution in [1.82, 2.24) is 5.32 Å². The molecule has 2 atom stereocenters. The highest BCUT2D eigenvalue weighted by atomic mass is 16.6. The Morgan fingerprint density at radius 3 is 2.82 bits per heavy atom. The molecule has 1 aliphatic heterocycles. The van der Waals surface area contributed by atoms with E-state index in [2.05, 4.69) is 19.2 Å². The van der Waals surface area contributed by atoms with Gasteiger partial charge in [-0.15, -0.1) is 0 Å². The molecule has 1 fully saturated rings. The molecule has 1 heterocycles. The summed E-state index contributed by atoms with van der Waals surface area (Å²) in [6, 6.07) is 0. The minimum atomic E-state index is -0.460. The molecule has 1 rings (SSSR count). The molecule has 5 nitrogen and oxygen atoms in total. The number of hydrogen-bond acceptors (Lipinski definition) is 5. The SMILES string of the molecule is CC(C)COCC(O)CNCC1COCCO1. The molecule has 5 heteroatoms. The van der Waals surface area contributed by atoms with Crippen LogP contribution in [0.25, 0.3) is 0 Å². The van der Waals surface area contributed by atoms with Crippen LogP contribution < -0.4 is 5.32 Å². The van der Waals surface area contributed by atoms with Gasteiger partial charge in [0, 0.05) is 19.7 Å². The quantitative estimate of drug-likeness (QED) is 0.633. The van der Waals surface area contributed by atoms with Gasteiger partial charge < -0.3 is 24.6 Å². The van der Waals surface area contributed by atoms with Crippen LogP contribution in [0.2, 0.25) is 0 Å². The largest absolute Gasteiger partial charge is 0.389 e. The Bertz CT molecular complexity index is 183. The molecule has 2 N–H and O–H groups in total. The van der Waals surface area contributed by atoms with E-state index in [1.54, 1.807) is 0 Å². The third kappa shape index (κ3) is 7.68. The van der Waals surface area contributed by atoms with E-state index >= 15 is 0 Å². The highest BCUT2D eigenvalue weighted by molar-refractivity contribution is 4.66. The molecule has 0 aliphatic carbocycles. The maximum absolute atomic E-state index is 9.63. The average molecular weight is 247 g/mol. The molecule has 0 aromatic rings. The first-order valence-corrected chi connectivity index (χ1v) is 6.34. The summed E-state index contributed by atoms with van der Waals surface area (Å²) < 4.78 is 16.1.